The first-order chi connectivity index (χ1) is 12.5. The summed E-state index contributed by atoms with van der Waals surface area (Å²) < 4.78 is 14.7. The molecule has 2 heterocycles. The molecule has 0 fully saturated rings. The minimum atomic E-state index is -0.833. The molecule has 0 unspecified atom stereocenters. The van der Waals surface area contributed by atoms with Crippen LogP contribution in [0.5, 0.6) is 0 Å². The van der Waals surface area contributed by atoms with Crippen molar-refractivity contribution >= 4 is 29.4 Å². The number of hydrogen-bond acceptors (Lipinski definition) is 5. The first-order valence-corrected chi connectivity index (χ1v) is 9.36. The molecule has 3 rings (SSSR count). The first kappa shape index (κ1) is 18.4. The van der Waals surface area contributed by atoms with Gasteiger partial charge in [0.25, 0.3) is 0 Å². The van der Waals surface area contributed by atoms with Crippen LogP contribution in [0, 0.1) is 5.82 Å². The molecule has 26 heavy (non-hydrogen) atoms. The standard InChI is InChI=1S/C17H19FN4O3S/c1-2-11(7-23)19-16(24)17(25)20-15-13-8-26-9-14(13)21-22(15)12-5-3-10(18)4-6-12/h3-6,11,23H,2,7-9H2,1H3,(H,19,24)(H,20,25)/t11-/m1/s1. The van der Waals surface area contributed by atoms with Gasteiger partial charge < -0.3 is 15.7 Å². The van der Waals surface area contributed by atoms with Crippen LogP contribution >= 0.6 is 11.8 Å². The van der Waals surface area contributed by atoms with Crippen LogP contribution in [-0.2, 0) is 21.1 Å². The number of amides is 2. The zero-order valence-corrected chi connectivity index (χ0v) is 15.0. The van der Waals surface area contributed by atoms with Gasteiger partial charge in [-0.1, -0.05) is 6.92 Å². The summed E-state index contributed by atoms with van der Waals surface area (Å²) in [6.45, 7) is 1.56. The van der Waals surface area contributed by atoms with Gasteiger partial charge in [-0.15, -0.1) is 0 Å². The Balaban J connectivity index is 1.86. The first-order valence-electron chi connectivity index (χ1n) is 8.20. The molecule has 7 nitrogen and oxygen atoms in total. The molecule has 1 aliphatic heterocycles. The van der Waals surface area contributed by atoms with Gasteiger partial charge in [0.05, 0.1) is 24.0 Å². The molecule has 0 saturated carbocycles. The van der Waals surface area contributed by atoms with Gasteiger partial charge in [-0.05, 0) is 30.7 Å². The predicted molar refractivity (Wildman–Crippen MR) is 96.5 cm³/mol. The number of carbonyl (C=O) groups excluding carboxylic acids is 2. The van der Waals surface area contributed by atoms with Crippen molar-refractivity contribution in [1.29, 1.82) is 0 Å². The van der Waals surface area contributed by atoms with Gasteiger partial charge in [-0.3, -0.25) is 9.59 Å². The molecule has 9 heteroatoms. The van der Waals surface area contributed by atoms with E-state index >= 15 is 0 Å². The van der Waals surface area contributed by atoms with Crippen molar-refractivity contribution in [1.82, 2.24) is 15.1 Å². The van der Waals surface area contributed by atoms with Crippen molar-refractivity contribution in [3.8, 4) is 5.69 Å². The van der Waals surface area contributed by atoms with E-state index in [1.807, 2.05) is 0 Å². The third kappa shape index (κ3) is 3.73. The number of benzene rings is 1. The van der Waals surface area contributed by atoms with Gasteiger partial charge in [0.1, 0.15) is 11.6 Å². The van der Waals surface area contributed by atoms with Gasteiger partial charge in [-0.25, -0.2) is 9.07 Å². The van der Waals surface area contributed by atoms with E-state index in [4.69, 9.17) is 5.11 Å². The number of halogens is 1. The number of aliphatic hydroxyl groups excluding tert-OH is 1. The van der Waals surface area contributed by atoms with Gasteiger partial charge in [-0.2, -0.15) is 16.9 Å². The Morgan fingerprint density at radius 2 is 2.04 bits per heavy atom. The summed E-state index contributed by atoms with van der Waals surface area (Å²) in [5.41, 5.74) is 2.27. The van der Waals surface area contributed by atoms with Crippen LogP contribution in [-0.4, -0.2) is 39.4 Å². The maximum Gasteiger partial charge on any atom is 0.314 e. The smallest absolute Gasteiger partial charge is 0.314 e. The second-order valence-electron chi connectivity index (χ2n) is 5.87. The van der Waals surface area contributed by atoms with Crippen molar-refractivity contribution < 1.29 is 19.1 Å². The Hall–Kier alpha value is -2.39. The van der Waals surface area contributed by atoms with Gasteiger partial charge in [0.15, 0.2) is 0 Å². The number of anilines is 1. The fraction of sp³-hybridized carbons (Fsp3) is 0.353. The lowest BCUT2D eigenvalue weighted by molar-refractivity contribution is -0.136. The molecule has 2 aromatic rings. The SMILES string of the molecule is CC[C@H](CO)NC(=O)C(=O)Nc1c2c(nn1-c1ccc(F)cc1)CSC2. The summed E-state index contributed by atoms with van der Waals surface area (Å²) in [5.74, 6) is -0.238. The summed E-state index contributed by atoms with van der Waals surface area (Å²) in [5, 5.41) is 18.7. The molecular weight excluding hydrogens is 359 g/mol. The number of nitrogens with zero attached hydrogens (tertiary/aromatic N) is 2. The highest BCUT2D eigenvalue weighted by atomic mass is 32.2. The summed E-state index contributed by atoms with van der Waals surface area (Å²) in [6.07, 6.45) is 0.509. The van der Waals surface area contributed by atoms with Crippen LogP contribution in [0.1, 0.15) is 24.6 Å². The zero-order chi connectivity index (χ0) is 18.7. The number of aromatic nitrogens is 2. The minimum Gasteiger partial charge on any atom is -0.394 e. The fourth-order valence-electron chi connectivity index (χ4n) is 2.60. The molecule has 0 saturated heterocycles. The van der Waals surface area contributed by atoms with E-state index in [-0.39, 0.29) is 12.4 Å². The Morgan fingerprint density at radius 3 is 2.69 bits per heavy atom. The maximum absolute atomic E-state index is 13.2. The fourth-order valence-corrected chi connectivity index (χ4v) is 3.64. The van der Waals surface area contributed by atoms with E-state index in [0.717, 1.165) is 11.3 Å². The van der Waals surface area contributed by atoms with Crippen LogP contribution in [0.4, 0.5) is 10.2 Å². The third-order valence-corrected chi connectivity index (χ3v) is 5.08. The summed E-state index contributed by atoms with van der Waals surface area (Å²) in [4.78, 5) is 24.4. The lowest BCUT2D eigenvalue weighted by atomic mass is 10.2. The van der Waals surface area contributed by atoms with Crippen LogP contribution in [0.15, 0.2) is 24.3 Å². The van der Waals surface area contributed by atoms with E-state index in [1.165, 1.54) is 16.8 Å². The molecule has 3 N–H and O–H groups in total. The second kappa shape index (κ2) is 7.88. The van der Waals surface area contributed by atoms with E-state index in [2.05, 4.69) is 15.7 Å². The number of fused-ring (bicyclic) bond motifs is 1. The van der Waals surface area contributed by atoms with Crippen LogP contribution < -0.4 is 10.6 Å². The lowest BCUT2D eigenvalue weighted by Crippen LogP contribution is -2.43. The van der Waals surface area contributed by atoms with Crippen molar-refractivity contribution in [2.24, 2.45) is 0 Å². The highest BCUT2D eigenvalue weighted by Crippen LogP contribution is 2.36. The van der Waals surface area contributed by atoms with Crippen molar-refractivity contribution in [2.75, 3.05) is 11.9 Å². The van der Waals surface area contributed by atoms with Crippen LogP contribution in [0.25, 0.3) is 5.69 Å². The summed E-state index contributed by atoms with van der Waals surface area (Å²) >= 11 is 1.66. The van der Waals surface area contributed by atoms with Gasteiger partial charge in [0, 0.05) is 17.1 Å². The van der Waals surface area contributed by atoms with E-state index in [9.17, 15) is 14.0 Å². The zero-order valence-electron chi connectivity index (χ0n) is 14.2. The number of carbonyl (C=O) groups is 2. The molecule has 0 spiro atoms. The molecule has 2 amide bonds. The molecule has 0 aliphatic carbocycles. The molecule has 0 bridgehead atoms. The molecule has 138 valence electrons. The lowest BCUT2D eigenvalue weighted by Gasteiger charge is -2.14. The Labute approximate surface area is 154 Å². The second-order valence-corrected chi connectivity index (χ2v) is 6.86. The monoisotopic (exact) mass is 378 g/mol. The number of nitrogens with one attached hydrogen (secondary N) is 2. The molecule has 1 aromatic heterocycles. The maximum atomic E-state index is 13.2. The minimum absolute atomic E-state index is 0.241. The van der Waals surface area contributed by atoms with E-state index in [1.54, 1.807) is 30.8 Å². The van der Waals surface area contributed by atoms with Crippen LogP contribution in [0.2, 0.25) is 0 Å². The topological polar surface area (TPSA) is 96.2 Å². The normalized spacial score (nSPS) is 14.0. The van der Waals surface area contributed by atoms with E-state index < -0.39 is 17.9 Å². The number of thioether (sulfide) groups is 1. The summed E-state index contributed by atoms with van der Waals surface area (Å²) in [6, 6.07) is 5.25. The van der Waals surface area contributed by atoms with Crippen molar-refractivity contribution in [3.63, 3.8) is 0 Å². The molecule has 1 atom stereocenters. The van der Waals surface area contributed by atoms with Crippen molar-refractivity contribution in [2.45, 2.75) is 30.9 Å². The predicted octanol–water partition coefficient (Wildman–Crippen LogP) is 1.58. The average molecular weight is 378 g/mol. The van der Waals surface area contributed by atoms with Gasteiger partial charge >= 0.3 is 11.8 Å². The number of rotatable bonds is 5. The largest absolute Gasteiger partial charge is 0.394 e. The highest BCUT2D eigenvalue weighted by molar-refractivity contribution is 7.98. The summed E-state index contributed by atoms with van der Waals surface area (Å²) in [7, 11) is 0. The Bertz CT molecular complexity index is 818. The number of aliphatic hydroxyl groups is 1. The van der Waals surface area contributed by atoms with E-state index in [0.29, 0.717) is 29.4 Å². The average Bonchev–Trinajstić information content (AvgIpc) is 3.22. The molecule has 0 radical (unpaired) electrons. The van der Waals surface area contributed by atoms with Crippen molar-refractivity contribution in [3.05, 3.63) is 41.3 Å². The molecule has 1 aromatic carbocycles. The van der Waals surface area contributed by atoms with Gasteiger partial charge in [0.2, 0.25) is 0 Å². The van der Waals surface area contributed by atoms with Crippen LogP contribution in [0.3, 0.4) is 0 Å². The molecular formula is C17H19FN4O3S. The highest BCUT2D eigenvalue weighted by Gasteiger charge is 2.27. The number of hydrogen-bond donors (Lipinski definition) is 3. The Morgan fingerprint density at radius 1 is 1.31 bits per heavy atom. The molecule has 1 aliphatic rings. The third-order valence-electron chi connectivity index (χ3n) is 4.11. The quantitative estimate of drug-likeness (QED) is 0.687. The Kier molecular flexibility index (Phi) is 5.58.